The number of carbonyl (C=O) groups excluding carboxylic acids is 1. The van der Waals surface area contributed by atoms with Crippen LogP contribution in [0.1, 0.15) is 10.4 Å². The summed E-state index contributed by atoms with van der Waals surface area (Å²) in [4.78, 5) is 16.7. The highest BCUT2D eigenvalue weighted by Gasteiger charge is 2.14. The van der Waals surface area contributed by atoms with Crippen LogP contribution in [0.15, 0.2) is 60.8 Å². The van der Waals surface area contributed by atoms with E-state index < -0.39 is 0 Å². The van der Waals surface area contributed by atoms with Gasteiger partial charge in [-0.2, -0.15) is 0 Å². The third-order valence-electron chi connectivity index (χ3n) is 4.03. The van der Waals surface area contributed by atoms with Crippen LogP contribution in [0.5, 0.6) is 17.2 Å². The summed E-state index contributed by atoms with van der Waals surface area (Å²) in [5, 5.41) is 5.99. The van der Waals surface area contributed by atoms with Crippen LogP contribution in [0.25, 0.3) is 0 Å². The molecule has 7 nitrogen and oxygen atoms in total. The zero-order valence-corrected chi connectivity index (χ0v) is 14.6. The van der Waals surface area contributed by atoms with Gasteiger partial charge in [-0.3, -0.25) is 4.79 Å². The second-order valence-corrected chi connectivity index (χ2v) is 5.78. The molecule has 27 heavy (non-hydrogen) atoms. The van der Waals surface area contributed by atoms with Crippen LogP contribution in [0.3, 0.4) is 0 Å². The fraction of sp³-hybridized carbons (Fsp3) is 0.100. The Kier molecular flexibility index (Phi) is 4.49. The largest absolute Gasteiger partial charge is 0.495 e. The molecule has 1 aromatic heterocycles. The molecule has 3 aromatic rings. The summed E-state index contributed by atoms with van der Waals surface area (Å²) < 4.78 is 15.9. The van der Waals surface area contributed by atoms with Gasteiger partial charge in [0.15, 0.2) is 11.5 Å². The number of aromatic nitrogens is 1. The molecule has 0 radical (unpaired) electrons. The van der Waals surface area contributed by atoms with Crippen LogP contribution in [-0.2, 0) is 0 Å². The lowest BCUT2D eigenvalue weighted by Crippen LogP contribution is -2.13. The number of benzene rings is 2. The average Bonchev–Trinajstić information content (AvgIpc) is 3.17. The smallest absolute Gasteiger partial charge is 0.257 e. The molecule has 0 fully saturated rings. The van der Waals surface area contributed by atoms with Crippen molar-refractivity contribution in [2.24, 2.45) is 0 Å². The van der Waals surface area contributed by atoms with Gasteiger partial charge in [0.25, 0.3) is 5.91 Å². The van der Waals surface area contributed by atoms with E-state index in [0.29, 0.717) is 28.6 Å². The normalized spacial score (nSPS) is 11.7. The zero-order chi connectivity index (χ0) is 18.6. The fourth-order valence-corrected chi connectivity index (χ4v) is 2.67. The summed E-state index contributed by atoms with van der Waals surface area (Å²) in [5.74, 6) is 2.36. The minimum absolute atomic E-state index is 0.229. The molecule has 0 atom stereocenters. The summed E-state index contributed by atoms with van der Waals surface area (Å²) in [6.07, 6.45) is 1.51. The molecule has 0 spiro atoms. The molecular weight excluding hydrogens is 346 g/mol. The summed E-state index contributed by atoms with van der Waals surface area (Å²) in [7, 11) is 1.56. The highest BCUT2D eigenvalue weighted by Crippen LogP contribution is 2.34. The molecule has 0 aliphatic carbocycles. The number of para-hydroxylation sites is 2. The molecule has 0 saturated carbocycles. The van der Waals surface area contributed by atoms with Crippen molar-refractivity contribution in [1.82, 2.24) is 4.98 Å². The number of nitrogens with zero attached hydrogens (tertiary/aromatic N) is 1. The first kappa shape index (κ1) is 16.7. The van der Waals surface area contributed by atoms with Crippen LogP contribution < -0.4 is 24.8 Å². The molecule has 0 saturated heterocycles. The number of carbonyl (C=O) groups is 1. The second-order valence-electron chi connectivity index (χ2n) is 5.78. The molecule has 1 amide bonds. The third kappa shape index (κ3) is 3.62. The van der Waals surface area contributed by atoms with Crippen molar-refractivity contribution >= 4 is 23.1 Å². The maximum Gasteiger partial charge on any atom is 0.257 e. The maximum absolute atomic E-state index is 12.4. The Morgan fingerprint density at radius 1 is 1.07 bits per heavy atom. The molecule has 7 heteroatoms. The topological polar surface area (TPSA) is 81.7 Å². The Morgan fingerprint density at radius 3 is 2.74 bits per heavy atom. The molecule has 0 bridgehead atoms. The van der Waals surface area contributed by atoms with Crippen LogP contribution in [-0.4, -0.2) is 24.8 Å². The zero-order valence-electron chi connectivity index (χ0n) is 14.6. The van der Waals surface area contributed by atoms with Gasteiger partial charge in [0, 0.05) is 18.0 Å². The van der Waals surface area contributed by atoms with E-state index >= 15 is 0 Å². The number of anilines is 3. The van der Waals surface area contributed by atoms with Crippen LogP contribution in [0, 0.1) is 0 Å². The lowest BCUT2D eigenvalue weighted by molar-refractivity contribution is 0.102. The number of fused-ring (bicyclic) bond motifs is 1. The molecule has 1 aliphatic heterocycles. The number of ether oxygens (including phenoxy) is 3. The molecular formula is C20H17N3O4. The molecule has 1 aliphatic rings. The number of pyridine rings is 1. The van der Waals surface area contributed by atoms with Crippen molar-refractivity contribution in [1.29, 1.82) is 0 Å². The van der Waals surface area contributed by atoms with Gasteiger partial charge < -0.3 is 24.8 Å². The lowest BCUT2D eigenvalue weighted by atomic mass is 10.2. The quantitative estimate of drug-likeness (QED) is 0.717. The number of nitrogens with one attached hydrogen (secondary N) is 2. The monoisotopic (exact) mass is 363 g/mol. The van der Waals surface area contributed by atoms with E-state index in [0.717, 1.165) is 11.4 Å². The molecule has 4 rings (SSSR count). The van der Waals surface area contributed by atoms with E-state index in [1.54, 1.807) is 31.4 Å². The summed E-state index contributed by atoms with van der Waals surface area (Å²) in [6, 6.07) is 16.2. The summed E-state index contributed by atoms with van der Waals surface area (Å²) in [5.41, 5.74) is 1.86. The third-order valence-corrected chi connectivity index (χ3v) is 4.03. The molecule has 0 unspecified atom stereocenters. The highest BCUT2D eigenvalue weighted by molar-refractivity contribution is 6.04. The van der Waals surface area contributed by atoms with Crippen molar-refractivity contribution in [2.45, 2.75) is 0 Å². The first-order valence-corrected chi connectivity index (χ1v) is 8.30. The number of methoxy groups -OCH3 is 1. The van der Waals surface area contributed by atoms with Gasteiger partial charge >= 0.3 is 0 Å². The van der Waals surface area contributed by atoms with Gasteiger partial charge in [0.05, 0.1) is 18.4 Å². The molecule has 2 aromatic carbocycles. The van der Waals surface area contributed by atoms with Crippen LogP contribution in [0.2, 0.25) is 0 Å². The van der Waals surface area contributed by atoms with Crippen molar-refractivity contribution < 1.29 is 19.0 Å². The summed E-state index contributed by atoms with van der Waals surface area (Å²) >= 11 is 0. The number of amides is 1. The predicted molar refractivity (Wildman–Crippen MR) is 101 cm³/mol. The van der Waals surface area contributed by atoms with E-state index in [9.17, 15) is 4.79 Å². The second kappa shape index (κ2) is 7.25. The van der Waals surface area contributed by atoms with E-state index in [1.807, 2.05) is 30.3 Å². The molecule has 136 valence electrons. The van der Waals surface area contributed by atoms with Gasteiger partial charge in [-0.15, -0.1) is 0 Å². The first-order chi connectivity index (χ1) is 13.2. The average molecular weight is 363 g/mol. The van der Waals surface area contributed by atoms with Gasteiger partial charge in [0.1, 0.15) is 11.6 Å². The highest BCUT2D eigenvalue weighted by atomic mass is 16.7. The van der Waals surface area contributed by atoms with Gasteiger partial charge in [-0.05, 0) is 36.4 Å². The summed E-state index contributed by atoms with van der Waals surface area (Å²) in [6.45, 7) is 0.229. The van der Waals surface area contributed by atoms with Crippen LogP contribution >= 0.6 is 0 Å². The van der Waals surface area contributed by atoms with Crippen molar-refractivity contribution in [3.63, 3.8) is 0 Å². The minimum atomic E-state index is -0.262. The van der Waals surface area contributed by atoms with E-state index in [4.69, 9.17) is 14.2 Å². The van der Waals surface area contributed by atoms with Gasteiger partial charge in [-0.1, -0.05) is 12.1 Å². The maximum atomic E-state index is 12.4. The van der Waals surface area contributed by atoms with E-state index in [2.05, 4.69) is 15.6 Å². The number of hydrogen-bond acceptors (Lipinski definition) is 6. The first-order valence-electron chi connectivity index (χ1n) is 8.30. The SMILES string of the molecule is COc1ccccc1NC(=O)c1ccc(Nc2ccc3c(c2)OCO3)nc1. The Labute approximate surface area is 155 Å². The Morgan fingerprint density at radius 2 is 1.93 bits per heavy atom. The van der Waals surface area contributed by atoms with Crippen molar-refractivity contribution in [3.8, 4) is 17.2 Å². The number of hydrogen-bond donors (Lipinski definition) is 2. The molecule has 2 heterocycles. The number of rotatable bonds is 5. The van der Waals surface area contributed by atoms with Crippen molar-refractivity contribution in [3.05, 3.63) is 66.4 Å². The standard InChI is InChI=1S/C20H17N3O4/c1-25-16-5-3-2-4-15(16)23-20(24)13-6-9-19(21-11-13)22-14-7-8-17-18(10-14)27-12-26-17/h2-11H,12H2,1H3,(H,21,22)(H,23,24). The fourth-order valence-electron chi connectivity index (χ4n) is 2.67. The lowest BCUT2D eigenvalue weighted by Gasteiger charge is -2.10. The van der Waals surface area contributed by atoms with Gasteiger partial charge in [0.2, 0.25) is 6.79 Å². The Hall–Kier alpha value is -3.74. The van der Waals surface area contributed by atoms with Gasteiger partial charge in [-0.25, -0.2) is 4.98 Å². The Bertz CT molecular complexity index is 973. The minimum Gasteiger partial charge on any atom is -0.495 e. The van der Waals surface area contributed by atoms with Crippen LogP contribution in [0.4, 0.5) is 17.2 Å². The Balaban J connectivity index is 1.44. The predicted octanol–water partition coefficient (Wildman–Crippen LogP) is 3.81. The molecule has 2 N–H and O–H groups in total. The van der Waals surface area contributed by atoms with E-state index in [-0.39, 0.29) is 12.7 Å². The van der Waals surface area contributed by atoms with E-state index in [1.165, 1.54) is 6.20 Å². The van der Waals surface area contributed by atoms with Crippen molar-refractivity contribution in [2.75, 3.05) is 24.5 Å².